The quantitative estimate of drug-likeness (QED) is 0.763. The number of H-pyrrole nitrogens is 1. The summed E-state index contributed by atoms with van der Waals surface area (Å²) < 4.78 is 1.03. The monoisotopic (exact) mass is 272 g/mol. The normalized spacial score (nSPS) is 10.7. The molecule has 2 N–H and O–H groups in total. The summed E-state index contributed by atoms with van der Waals surface area (Å²) >= 11 is 1.54. The lowest BCUT2D eigenvalue weighted by Crippen LogP contribution is -2.25. The van der Waals surface area contributed by atoms with E-state index in [1.54, 1.807) is 24.1 Å². The standard InChI is InChI=1S/C13H12N4OS/c18-13(15-4-3-10-6-14-7-16-10)9-1-2-11-12(5-9)19-8-17-11/h1-2,5-8H,3-4H2,(H,14,16)(H,15,18). The molecule has 1 amide bonds. The zero-order valence-electron chi connectivity index (χ0n) is 10.1. The van der Waals surface area contributed by atoms with Crippen molar-refractivity contribution in [1.29, 1.82) is 0 Å². The SMILES string of the molecule is O=C(NCCc1cnc[nH]1)c1ccc2ncsc2c1. The highest BCUT2D eigenvalue weighted by Gasteiger charge is 2.07. The molecule has 0 aliphatic rings. The molecule has 96 valence electrons. The number of hydrogen-bond donors (Lipinski definition) is 2. The van der Waals surface area contributed by atoms with Gasteiger partial charge in [0.1, 0.15) is 0 Å². The van der Waals surface area contributed by atoms with Gasteiger partial charge in [-0.25, -0.2) is 9.97 Å². The Morgan fingerprint density at radius 3 is 3.21 bits per heavy atom. The number of fused-ring (bicyclic) bond motifs is 1. The molecule has 0 spiro atoms. The highest BCUT2D eigenvalue weighted by atomic mass is 32.1. The van der Waals surface area contributed by atoms with Gasteiger partial charge in [0.15, 0.2) is 0 Å². The number of aromatic nitrogens is 3. The third-order valence-electron chi connectivity index (χ3n) is 2.83. The summed E-state index contributed by atoms with van der Waals surface area (Å²) in [7, 11) is 0. The van der Waals surface area contributed by atoms with Crippen LogP contribution in [0.3, 0.4) is 0 Å². The maximum absolute atomic E-state index is 12.0. The van der Waals surface area contributed by atoms with Crippen LogP contribution in [-0.4, -0.2) is 27.4 Å². The van der Waals surface area contributed by atoms with Crippen molar-refractivity contribution in [3.05, 3.63) is 47.5 Å². The Hall–Kier alpha value is -2.21. The first-order valence-corrected chi connectivity index (χ1v) is 6.79. The number of hydrogen-bond acceptors (Lipinski definition) is 4. The van der Waals surface area contributed by atoms with Crippen molar-refractivity contribution in [3.63, 3.8) is 0 Å². The van der Waals surface area contributed by atoms with Crippen LogP contribution in [0, 0.1) is 0 Å². The summed E-state index contributed by atoms with van der Waals surface area (Å²) in [6.45, 7) is 0.585. The van der Waals surface area contributed by atoms with Crippen LogP contribution >= 0.6 is 11.3 Å². The molecular weight excluding hydrogens is 260 g/mol. The van der Waals surface area contributed by atoms with Crippen LogP contribution in [-0.2, 0) is 6.42 Å². The van der Waals surface area contributed by atoms with E-state index >= 15 is 0 Å². The van der Waals surface area contributed by atoms with E-state index in [1.807, 2.05) is 12.1 Å². The fourth-order valence-electron chi connectivity index (χ4n) is 1.83. The Labute approximate surface area is 113 Å². The molecule has 3 rings (SSSR count). The largest absolute Gasteiger partial charge is 0.352 e. The van der Waals surface area contributed by atoms with Gasteiger partial charge in [0.25, 0.3) is 5.91 Å². The fraction of sp³-hybridized carbons (Fsp3) is 0.154. The maximum atomic E-state index is 12.0. The molecule has 5 nitrogen and oxygen atoms in total. The smallest absolute Gasteiger partial charge is 0.251 e. The predicted molar refractivity (Wildman–Crippen MR) is 74.2 cm³/mol. The first kappa shape index (κ1) is 11.9. The molecule has 0 unspecified atom stereocenters. The number of aromatic amines is 1. The first-order valence-electron chi connectivity index (χ1n) is 5.91. The van der Waals surface area contributed by atoms with Crippen LogP contribution in [0.2, 0.25) is 0 Å². The van der Waals surface area contributed by atoms with Crippen molar-refractivity contribution >= 4 is 27.5 Å². The summed E-state index contributed by atoms with van der Waals surface area (Å²) in [4.78, 5) is 23.1. The molecule has 0 radical (unpaired) electrons. The number of thiazole rings is 1. The lowest BCUT2D eigenvalue weighted by Gasteiger charge is -2.04. The molecule has 0 aliphatic heterocycles. The third kappa shape index (κ3) is 2.63. The molecule has 0 fully saturated rings. The molecule has 0 aliphatic carbocycles. The Kier molecular flexibility index (Phi) is 3.24. The van der Waals surface area contributed by atoms with E-state index < -0.39 is 0 Å². The molecule has 19 heavy (non-hydrogen) atoms. The summed E-state index contributed by atoms with van der Waals surface area (Å²) in [5.41, 5.74) is 4.39. The molecule has 3 aromatic rings. The predicted octanol–water partition coefficient (Wildman–Crippen LogP) is 1.99. The van der Waals surface area contributed by atoms with E-state index in [0.29, 0.717) is 12.1 Å². The van der Waals surface area contributed by atoms with Crippen LogP contribution in [0.15, 0.2) is 36.2 Å². The van der Waals surface area contributed by atoms with Gasteiger partial charge in [0, 0.05) is 30.4 Å². The average Bonchev–Trinajstić information content (AvgIpc) is 3.08. The number of nitrogens with one attached hydrogen (secondary N) is 2. The molecule has 1 aromatic carbocycles. The van der Waals surface area contributed by atoms with Gasteiger partial charge >= 0.3 is 0 Å². The van der Waals surface area contributed by atoms with Gasteiger partial charge in [0.05, 0.1) is 22.1 Å². The summed E-state index contributed by atoms with van der Waals surface area (Å²) in [5, 5.41) is 2.89. The van der Waals surface area contributed by atoms with Gasteiger partial charge in [0.2, 0.25) is 0 Å². The second kappa shape index (κ2) is 5.19. The molecular formula is C13H12N4OS. The van der Waals surface area contributed by atoms with Gasteiger partial charge in [-0.15, -0.1) is 11.3 Å². The lowest BCUT2D eigenvalue weighted by molar-refractivity contribution is 0.0954. The van der Waals surface area contributed by atoms with Crippen LogP contribution in [0.25, 0.3) is 10.2 Å². The number of imidazole rings is 1. The molecule has 2 heterocycles. The Morgan fingerprint density at radius 1 is 1.42 bits per heavy atom. The van der Waals surface area contributed by atoms with E-state index in [1.165, 1.54) is 11.3 Å². The Morgan fingerprint density at radius 2 is 2.37 bits per heavy atom. The van der Waals surface area contributed by atoms with Gasteiger partial charge in [-0.1, -0.05) is 0 Å². The average molecular weight is 272 g/mol. The number of nitrogens with zero attached hydrogens (tertiary/aromatic N) is 2. The van der Waals surface area contributed by atoms with Crippen LogP contribution < -0.4 is 5.32 Å². The van der Waals surface area contributed by atoms with E-state index in [4.69, 9.17) is 0 Å². The molecule has 2 aromatic heterocycles. The van der Waals surface area contributed by atoms with Gasteiger partial charge in [-0.2, -0.15) is 0 Å². The zero-order chi connectivity index (χ0) is 13.1. The van der Waals surface area contributed by atoms with E-state index in [9.17, 15) is 4.79 Å². The second-order valence-electron chi connectivity index (χ2n) is 4.12. The van der Waals surface area contributed by atoms with Crippen molar-refractivity contribution in [2.24, 2.45) is 0 Å². The molecule has 0 saturated carbocycles. The number of amides is 1. The van der Waals surface area contributed by atoms with E-state index in [2.05, 4.69) is 20.3 Å². The van der Waals surface area contributed by atoms with Crippen LogP contribution in [0.5, 0.6) is 0 Å². The summed E-state index contributed by atoms with van der Waals surface area (Å²) in [6.07, 6.45) is 4.14. The van der Waals surface area contributed by atoms with E-state index in [-0.39, 0.29) is 5.91 Å². The van der Waals surface area contributed by atoms with Crippen molar-refractivity contribution in [3.8, 4) is 0 Å². The van der Waals surface area contributed by atoms with Crippen molar-refractivity contribution in [2.75, 3.05) is 6.54 Å². The lowest BCUT2D eigenvalue weighted by atomic mass is 10.2. The zero-order valence-corrected chi connectivity index (χ0v) is 10.9. The van der Waals surface area contributed by atoms with Gasteiger partial charge in [-0.05, 0) is 18.2 Å². The highest BCUT2D eigenvalue weighted by Crippen LogP contribution is 2.18. The number of rotatable bonds is 4. The number of carbonyl (C=O) groups excluding carboxylic acids is 1. The number of carbonyl (C=O) groups is 1. The van der Waals surface area contributed by atoms with Crippen molar-refractivity contribution in [1.82, 2.24) is 20.3 Å². The maximum Gasteiger partial charge on any atom is 0.251 e. The molecule has 0 saturated heterocycles. The summed E-state index contributed by atoms with van der Waals surface area (Å²) in [6, 6.07) is 5.54. The minimum atomic E-state index is -0.0604. The third-order valence-corrected chi connectivity index (χ3v) is 3.62. The van der Waals surface area contributed by atoms with Crippen LogP contribution in [0.4, 0.5) is 0 Å². The molecule has 6 heteroatoms. The minimum absolute atomic E-state index is 0.0604. The summed E-state index contributed by atoms with van der Waals surface area (Å²) in [5.74, 6) is -0.0604. The van der Waals surface area contributed by atoms with E-state index in [0.717, 1.165) is 22.3 Å². The molecule has 0 bridgehead atoms. The number of benzene rings is 1. The van der Waals surface area contributed by atoms with Crippen molar-refractivity contribution in [2.45, 2.75) is 6.42 Å². The topological polar surface area (TPSA) is 70.7 Å². The van der Waals surface area contributed by atoms with Gasteiger partial charge < -0.3 is 10.3 Å². The second-order valence-corrected chi connectivity index (χ2v) is 5.00. The fourth-order valence-corrected chi connectivity index (χ4v) is 2.55. The first-order chi connectivity index (χ1) is 9.33. The minimum Gasteiger partial charge on any atom is -0.352 e. The molecule has 0 atom stereocenters. The van der Waals surface area contributed by atoms with Crippen molar-refractivity contribution < 1.29 is 4.79 Å². The Bertz CT molecular complexity index is 690. The van der Waals surface area contributed by atoms with Crippen LogP contribution in [0.1, 0.15) is 16.1 Å². The Balaban J connectivity index is 1.63. The van der Waals surface area contributed by atoms with Gasteiger partial charge in [-0.3, -0.25) is 4.79 Å². The highest BCUT2D eigenvalue weighted by molar-refractivity contribution is 7.16.